The molecule has 0 aromatic heterocycles. The first-order valence-electron chi connectivity index (χ1n) is 7.31. The van der Waals surface area contributed by atoms with Crippen molar-refractivity contribution in [3.63, 3.8) is 0 Å². The van der Waals surface area contributed by atoms with Crippen molar-refractivity contribution in [2.24, 2.45) is 5.92 Å². The molecule has 116 valence electrons. The SMILES string of the molecule is Cl.Cl.c1ccc2c(CNCC3CCNCC3)cccc2c1. The Morgan fingerprint density at radius 3 is 2.48 bits per heavy atom. The number of rotatable bonds is 4. The molecule has 2 nitrogen and oxygen atoms in total. The van der Waals surface area contributed by atoms with E-state index in [4.69, 9.17) is 0 Å². The third-order valence-corrected chi connectivity index (χ3v) is 4.09. The van der Waals surface area contributed by atoms with Gasteiger partial charge >= 0.3 is 0 Å². The first-order chi connectivity index (χ1) is 9.43. The van der Waals surface area contributed by atoms with E-state index in [1.807, 2.05) is 0 Å². The van der Waals surface area contributed by atoms with E-state index < -0.39 is 0 Å². The zero-order chi connectivity index (χ0) is 12.9. The zero-order valence-corrected chi connectivity index (χ0v) is 13.8. The maximum Gasteiger partial charge on any atom is 0.0211 e. The highest BCUT2D eigenvalue weighted by atomic mass is 35.5. The maximum atomic E-state index is 3.64. The average molecular weight is 327 g/mol. The number of nitrogens with one attached hydrogen (secondary N) is 2. The molecule has 2 aromatic rings. The minimum absolute atomic E-state index is 0. The number of fused-ring (bicyclic) bond motifs is 1. The lowest BCUT2D eigenvalue weighted by atomic mass is 9.98. The Labute approximate surface area is 139 Å². The summed E-state index contributed by atoms with van der Waals surface area (Å²) in [5.41, 5.74) is 1.41. The van der Waals surface area contributed by atoms with Gasteiger partial charge in [-0.2, -0.15) is 0 Å². The molecule has 0 spiro atoms. The van der Waals surface area contributed by atoms with Gasteiger partial charge in [-0.05, 0) is 54.7 Å². The van der Waals surface area contributed by atoms with Gasteiger partial charge in [0.15, 0.2) is 0 Å². The molecule has 0 radical (unpaired) electrons. The molecule has 0 aliphatic carbocycles. The molecule has 3 rings (SSSR count). The molecular weight excluding hydrogens is 303 g/mol. The van der Waals surface area contributed by atoms with Gasteiger partial charge in [-0.25, -0.2) is 0 Å². The van der Waals surface area contributed by atoms with Crippen molar-refractivity contribution in [3.8, 4) is 0 Å². The van der Waals surface area contributed by atoms with E-state index in [-0.39, 0.29) is 24.8 Å². The number of hydrogen-bond acceptors (Lipinski definition) is 2. The van der Waals surface area contributed by atoms with Crippen LogP contribution in [0.2, 0.25) is 0 Å². The lowest BCUT2D eigenvalue weighted by molar-refractivity contribution is 0.356. The predicted octanol–water partition coefficient (Wildman–Crippen LogP) is 3.77. The Bertz CT molecular complexity index is 534. The van der Waals surface area contributed by atoms with Crippen molar-refractivity contribution in [1.82, 2.24) is 10.6 Å². The van der Waals surface area contributed by atoms with Crippen LogP contribution in [-0.4, -0.2) is 19.6 Å². The van der Waals surface area contributed by atoms with Crippen molar-refractivity contribution < 1.29 is 0 Å². The van der Waals surface area contributed by atoms with Gasteiger partial charge in [-0.15, -0.1) is 24.8 Å². The van der Waals surface area contributed by atoms with Crippen LogP contribution in [0.15, 0.2) is 42.5 Å². The summed E-state index contributed by atoms with van der Waals surface area (Å²) in [6.07, 6.45) is 2.62. The highest BCUT2D eigenvalue weighted by Crippen LogP contribution is 2.18. The first kappa shape index (κ1) is 18.2. The first-order valence-corrected chi connectivity index (χ1v) is 7.31. The highest BCUT2D eigenvalue weighted by molar-refractivity contribution is 5.86. The van der Waals surface area contributed by atoms with Crippen molar-refractivity contribution in [2.45, 2.75) is 19.4 Å². The molecule has 0 bridgehead atoms. The molecule has 1 saturated heterocycles. The van der Waals surface area contributed by atoms with Gasteiger partial charge in [-0.3, -0.25) is 0 Å². The van der Waals surface area contributed by atoms with Crippen molar-refractivity contribution >= 4 is 35.6 Å². The van der Waals surface area contributed by atoms with E-state index in [0.717, 1.165) is 19.0 Å². The Kier molecular flexibility index (Phi) is 8.05. The molecular formula is C17H24Cl2N2. The van der Waals surface area contributed by atoms with Crippen LogP contribution in [-0.2, 0) is 6.54 Å². The summed E-state index contributed by atoms with van der Waals surface area (Å²) in [6, 6.07) is 15.2. The summed E-state index contributed by atoms with van der Waals surface area (Å²) < 4.78 is 0. The fourth-order valence-corrected chi connectivity index (χ4v) is 2.94. The molecule has 1 aliphatic heterocycles. The normalized spacial score (nSPS) is 15.2. The van der Waals surface area contributed by atoms with Crippen molar-refractivity contribution in [2.75, 3.05) is 19.6 Å². The maximum absolute atomic E-state index is 3.64. The molecule has 2 N–H and O–H groups in total. The molecule has 0 saturated carbocycles. The summed E-state index contributed by atoms with van der Waals surface area (Å²) in [7, 11) is 0. The van der Waals surface area contributed by atoms with E-state index in [9.17, 15) is 0 Å². The van der Waals surface area contributed by atoms with Crippen molar-refractivity contribution in [3.05, 3.63) is 48.0 Å². The van der Waals surface area contributed by atoms with E-state index in [0.29, 0.717) is 0 Å². The number of piperidine rings is 1. The standard InChI is InChI=1S/C17H22N2.2ClH/c1-2-7-17-15(4-1)5-3-6-16(17)13-19-12-14-8-10-18-11-9-14;;/h1-7,14,18-19H,8-13H2;2*1H. The second-order valence-corrected chi connectivity index (χ2v) is 5.46. The number of benzene rings is 2. The fraction of sp³-hybridized carbons (Fsp3) is 0.412. The molecule has 0 atom stereocenters. The molecule has 1 fully saturated rings. The van der Waals surface area contributed by atoms with Gasteiger partial charge in [0.2, 0.25) is 0 Å². The number of hydrogen-bond donors (Lipinski definition) is 2. The average Bonchev–Trinajstić information content (AvgIpc) is 2.49. The Hall–Kier alpha value is -0.800. The minimum Gasteiger partial charge on any atom is -0.317 e. The summed E-state index contributed by atoms with van der Waals surface area (Å²) in [6.45, 7) is 4.48. The zero-order valence-electron chi connectivity index (χ0n) is 12.2. The molecule has 2 aromatic carbocycles. The Morgan fingerprint density at radius 1 is 0.952 bits per heavy atom. The molecule has 21 heavy (non-hydrogen) atoms. The van der Waals surface area contributed by atoms with Crippen molar-refractivity contribution in [1.29, 1.82) is 0 Å². The van der Waals surface area contributed by atoms with E-state index in [1.54, 1.807) is 0 Å². The fourth-order valence-electron chi connectivity index (χ4n) is 2.94. The highest BCUT2D eigenvalue weighted by Gasteiger charge is 2.12. The Balaban J connectivity index is 0.00000110. The van der Waals surface area contributed by atoms with Gasteiger partial charge in [0.1, 0.15) is 0 Å². The van der Waals surface area contributed by atoms with Gasteiger partial charge in [0, 0.05) is 6.54 Å². The largest absolute Gasteiger partial charge is 0.317 e. The summed E-state index contributed by atoms with van der Waals surface area (Å²) in [5, 5.41) is 9.77. The van der Waals surface area contributed by atoms with Crippen LogP contribution < -0.4 is 10.6 Å². The third-order valence-electron chi connectivity index (χ3n) is 4.09. The van der Waals surface area contributed by atoms with Crippen LogP contribution in [0.4, 0.5) is 0 Å². The molecule has 1 aliphatic rings. The molecule has 4 heteroatoms. The Morgan fingerprint density at radius 2 is 1.67 bits per heavy atom. The minimum atomic E-state index is 0. The van der Waals surface area contributed by atoms with E-state index >= 15 is 0 Å². The monoisotopic (exact) mass is 326 g/mol. The lowest BCUT2D eigenvalue weighted by Gasteiger charge is -2.23. The second-order valence-electron chi connectivity index (χ2n) is 5.46. The summed E-state index contributed by atoms with van der Waals surface area (Å²) in [5.74, 6) is 0.844. The summed E-state index contributed by atoms with van der Waals surface area (Å²) in [4.78, 5) is 0. The van der Waals surface area contributed by atoms with Crippen LogP contribution in [0, 0.1) is 5.92 Å². The quantitative estimate of drug-likeness (QED) is 0.893. The van der Waals surface area contributed by atoms with Gasteiger partial charge in [-0.1, -0.05) is 42.5 Å². The third kappa shape index (κ3) is 4.86. The molecule has 1 heterocycles. The van der Waals surface area contributed by atoms with Crippen LogP contribution in [0.5, 0.6) is 0 Å². The topological polar surface area (TPSA) is 24.1 Å². The second kappa shape index (κ2) is 9.26. The predicted molar refractivity (Wildman–Crippen MR) is 95.7 cm³/mol. The van der Waals surface area contributed by atoms with Crippen LogP contribution in [0.3, 0.4) is 0 Å². The molecule has 0 unspecified atom stereocenters. The van der Waals surface area contributed by atoms with Gasteiger partial charge < -0.3 is 10.6 Å². The van der Waals surface area contributed by atoms with Gasteiger partial charge in [0.25, 0.3) is 0 Å². The van der Waals surface area contributed by atoms with E-state index in [2.05, 4.69) is 53.1 Å². The van der Waals surface area contributed by atoms with Crippen LogP contribution in [0.25, 0.3) is 10.8 Å². The number of halogens is 2. The van der Waals surface area contributed by atoms with Gasteiger partial charge in [0.05, 0.1) is 0 Å². The van der Waals surface area contributed by atoms with Crippen LogP contribution in [0.1, 0.15) is 18.4 Å². The van der Waals surface area contributed by atoms with E-state index in [1.165, 1.54) is 42.3 Å². The molecule has 0 amide bonds. The smallest absolute Gasteiger partial charge is 0.0211 e. The lowest BCUT2D eigenvalue weighted by Crippen LogP contribution is -2.33. The van der Waals surface area contributed by atoms with Crippen LogP contribution >= 0.6 is 24.8 Å². The summed E-state index contributed by atoms with van der Waals surface area (Å²) >= 11 is 0.